The number of halogens is 1. The van der Waals surface area contributed by atoms with Crippen molar-refractivity contribution in [1.82, 2.24) is 4.90 Å². The van der Waals surface area contributed by atoms with Crippen molar-refractivity contribution in [3.05, 3.63) is 65.2 Å². The highest BCUT2D eigenvalue weighted by molar-refractivity contribution is 6.30. The molecule has 5 heteroatoms. The second-order valence-electron chi connectivity index (χ2n) is 7.08. The van der Waals surface area contributed by atoms with Crippen LogP contribution >= 0.6 is 11.6 Å². The largest absolute Gasteiger partial charge is 0.493 e. The van der Waals surface area contributed by atoms with Crippen molar-refractivity contribution in [1.29, 1.82) is 0 Å². The van der Waals surface area contributed by atoms with E-state index in [4.69, 9.17) is 21.1 Å². The van der Waals surface area contributed by atoms with Gasteiger partial charge in [0.1, 0.15) is 11.9 Å². The van der Waals surface area contributed by atoms with Crippen LogP contribution in [-0.4, -0.2) is 36.1 Å². The summed E-state index contributed by atoms with van der Waals surface area (Å²) in [7, 11) is 0. The van der Waals surface area contributed by atoms with Crippen LogP contribution in [0.1, 0.15) is 31.9 Å². The lowest BCUT2D eigenvalue weighted by Crippen LogP contribution is -2.56. The molecule has 26 heavy (non-hydrogen) atoms. The quantitative estimate of drug-likeness (QED) is 0.775. The van der Waals surface area contributed by atoms with Crippen LogP contribution in [0.5, 0.6) is 5.75 Å². The molecular formula is C21H24ClNO3. The van der Waals surface area contributed by atoms with Gasteiger partial charge in [-0.15, -0.1) is 0 Å². The molecule has 0 saturated carbocycles. The van der Waals surface area contributed by atoms with Gasteiger partial charge >= 0.3 is 0 Å². The number of hydrogen-bond donors (Lipinski definition) is 0. The molecule has 1 saturated heterocycles. The molecule has 2 aromatic rings. The Balaban J connectivity index is 1.62. The van der Waals surface area contributed by atoms with Crippen LogP contribution in [0.4, 0.5) is 0 Å². The van der Waals surface area contributed by atoms with E-state index >= 15 is 0 Å². The number of hydrogen-bond acceptors (Lipinski definition) is 3. The number of rotatable bonds is 5. The molecule has 2 aromatic carbocycles. The molecule has 138 valence electrons. The Kier molecular flexibility index (Phi) is 5.84. The van der Waals surface area contributed by atoms with Crippen molar-refractivity contribution in [2.45, 2.75) is 31.9 Å². The smallest absolute Gasteiger partial charge is 0.226 e. The molecule has 1 heterocycles. The Hall–Kier alpha value is -2.04. The average molecular weight is 374 g/mol. The fourth-order valence-electron chi connectivity index (χ4n) is 3.10. The van der Waals surface area contributed by atoms with Gasteiger partial charge in [-0.05, 0) is 43.7 Å². The highest BCUT2D eigenvalue weighted by Crippen LogP contribution is 2.31. The molecule has 0 bridgehead atoms. The first-order valence-corrected chi connectivity index (χ1v) is 9.19. The number of benzene rings is 2. The van der Waals surface area contributed by atoms with E-state index in [0.717, 1.165) is 11.3 Å². The van der Waals surface area contributed by atoms with Crippen LogP contribution in [-0.2, 0) is 9.53 Å². The Labute approximate surface area is 159 Å². The van der Waals surface area contributed by atoms with E-state index < -0.39 is 0 Å². The number of morpholine rings is 1. The van der Waals surface area contributed by atoms with Crippen LogP contribution in [0.2, 0.25) is 5.02 Å². The van der Waals surface area contributed by atoms with Crippen molar-refractivity contribution in [3.63, 3.8) is 0 Å². The molecule has 4 nitrogen and oxygen atoms in total. The first kappa shape index (κ1) is 18.7. The molecule has 1 unspecified atom stereocenters. The predicted molar refractivity (Wildman–Crippen MR) is 102 cm³/mol. The van der Waals surface area contributed by atoms with Gasteiger partial charge in [0.25, 0.3) is 0 Å². The van der Waals surface area contributed by atoms with E-state index in [1.165, 1.54) is 0 Å². The maximum atomic E-state index is 12.8. The predicted octanol–water partition coefficient (Wildman–Crippen LogP) is 4.49. The summed E-state index contributed by atoms with van der Waals surface area (Å²) in [4.78, 5) is 14.7. The first-order chi connectivity index (χ1) is 12.5. The Morgan fingerprint density at radius 2 is 2.00 bits per heavy atom. The van der Waals surface area contributed by atoms with Crippen LogP contribution in [0.15, 0.2) is 54.6 Å². The van der Waals surface area contributed by atoms with Crippen LogP contribution in [0.25, 0.3) is 0 Å². The number of carbonyl (C=O) groups excluding carboxylic acids is 1. The first-order valence-electron chi connectivity index (χ1n) is 8.81. The molecular weight excluding hydrogens is 350 g/mol. The molecule has 3 rings (SSSR count). The third-order valence-corrected chi connectivity index (χ3v) is 4.80. The fourth-order valence-corrected chi connectivity index (χ4v) is 3.30. The maximum absolute atomic E-state index is 12.8. The lowest BCUT2D eigenvalue weighted by molar-refractivity contribution is -0.155. The van der Waals surface area contributed by atoms with Gasteiger partial charge in [0.2, 0.25) is 5.91 Å². The van der Waals surface area contributed by atoms with Gasteiger partial charge < -0.3 is 14.4 Å². The van der Waals surface area contributed by atoms with Crippen LogP contribution in [0, 0.1) is 0 Å². The number of amides is 1. The fraction of sp³-hybridized carbons (Fsp3) is 0.381. The Bertz CT molecular complexity index is 748. The second kappa shape index (κ2) is 8.11. The minimum absolute atomic E-state index is 0.0706. The summed E-state index contributed by atoms with van der Waals surface area (Å²) in [5.41, 5.74) is 0.644. The van der Waals surface area contributed by atoms with Gasteiger partial charge in [0.15, 0.2) is 0 Å². The minimum Gasteiger partial charge on any atom is -0.493 e. The van der Waals surface area contributed by atoms with Crippen LogP contribution in [0.3, 0.4) is 0 Å². The number of para-hydroxylation sites is 1. The number of nitrogens with zero attached hydrogens (tertiary/aromatic N) is 1. The average Bonchev–Trinajstić information content (AvgIpc) is 2.62. The summed E-state index contributed by atoms with van der Waals surface area (Å²) in [6.07, 6.45) is 0.168. The zero-order valence-corrected chi connectivity index (χ0v) is 15.9. The van der Waals surface area contributed by atoms with E-state index in [9.17, 15) is 4.79 Å². The molecule has 0 spiro atoms. The normalized spacial score (nSPS) is 19.2. The van der Waals surface area contributed by atoms with E-state index in [-0.39, 0.29) is 17.6 Å². The molecule has 0 N–H and O–H groups in total. The Morgan fingerprint density at radius 1 is 1.23 bits per heavy atom. The van der Waals surface area contributed by atoms with Crippen LogP contribution < -0.4 is 4.74 Å². The lowest BCUT2D eigenvalue weighted by Gasteiger charge is -2.45. The maximum Gasteiger partial charge on any atom is 0.226 e. The molecule has 1 aliphatic rings. The molecule has 0 aliphatic carbocycles. The topological polar surface area (TPSA) is 38.8 Å². The summed E-state index contributed by atoms with van der Waals surface area (Å²) in [5, 5.41) is 0.671. The van der Waals surface area contributed by atoms with E-state index in [0.29, 0.717) is 31.2 Å². The summed E-state index contributed by atoms with van der Waals surface area (Å²) in [6.45, 7) is 5.40. The second-order valence-corrected chi connectivity index (χ2v) is 7.52. The van der Waals surface area contributed by atoms with Gasteiger partial charge in [-0.3, -0.25) is 4.79 Å². The summed E-state index contributed by atoms with van der Waals surface area (Å²) in [5.74, 6) is 0.847. The Morgan fingerprint density at radius 3 is 2.73 bits per heavy atom. The van der Waals surface area contributed by atoms with Crippen molar-refractivity contribution in [2.24, 2.45) is 0 Å². The molecule has 1 amide bonds. The summed E-state index contributed by atoms with van der Waals surface area (Å²) in [6, 6.07) is 17.2. The van der Waals surface area contributed by atoms with Gasteiger partial charge in [-0.2, -0.15) is 0 Å². The van der Waals surface area contributed by atoms with E-state index in [1.54, 1.807) is 0 Å². The van der Waals surface area contributed by atoms with Gasteiger partial charge in [-0.25, -0.2) is 0 Å². The number of carbonyl (C=O) groups is 1. The highest BCUT2D eigenvalue weighted by atomic mass is 35.5. The zero-order valence-electron chi connectivity index (χ0n) is 15.2. The zero-order chi connectivity index (χ0) is 18.6. The van der Waals surface area contributed by atoms with Crippen molar-refractivity contribution >= 4 is 17.5 Å². The summed E-state index contributed by atoms with van der Waals surface area (Å²) < 4.78 is 11.7. The van der Waals surface area contributed by atoms with E-state index in [1.807, 2.05) is 73.3 Å². The van der Waals surface area contributed by atoms with Crippen molar-refractivity contribution in [2.75, 3.05) is 19.8 Å². The third-order valence-electron chi connectivity index (χ3n) is 4.57. The molecule has 0 aromatic heterocycles. The van der Waals surface area contributed by atoms with E-state index in [2.05, 4.69) is 0 Å². The molecule has 1 fully saturated rings. The third kappa shape index (κ3) is 4.57. The summed E-state index contributed by atoms with van der Waals surface area (Å²) >= 11 is 6.09. The monoisotopic (exact) mass is 373 g/mol. The molecule has 0 radical (unpaired) electrons. The molecule has 1 atom stereocenters. The highest BCUT2D eigenvalue weighted by Gasteiger charge is 2.38. The SMILES string of the molecule is CC1(C)COC(c2cccc(Cl)c2)CN1C(=O)CCOc1ccccc1. The molecule has 1 aliphatic heterocycles. The minimum atomic E-state index is -0.348. The number of ether oxygens (including phenoxy) is 2. The van der Waals surface area contributed by atoms with Crippen molar-refractivity contribution in [3.8, 4) is 5.75 Å². The van der Waals surface area contributed by atoms with Gasteiger partial charge in [-0.1, -0.05) is 41.9 Å². The van der Waals surface area contributed by atoms with Crippen molar-refractivity contribution < 1.29 is 14.3 Å². The standard InChI is InChI=1S/C21H24ClNO3/c1-21(2)15-26-19(16-7-6-8-17(22)13-16)14-23(21)20(24)11-12-25-18-9-4-3-5-10-18/h3-10,13,19H,11-12,14-15H2,1-2H3. The van der Waals surface area contributed by atoms with Gasteiger partial charge in [0.05, 0.1) is 31.7 Å². The van der Waals surface area contributed by atoms with Gasteiger partial charge in [0, 0.05) is 5.02 Å². The lowest BCUT2D eigenvalue weighted by atomic mass is 9.97.